The van der Waals surface area contributed by atoms with Crippen LogP contribution in [0.1, 0.15) is 61.4 Å². The van der Waals surface area contributed by atoms with Crippen LogP contribution in [0, 0.1) is 0 Å². The van der Waals surface area contributed by atoms with E-state index < -0.39 is 5.97 Å². The molecular weight excluding hydrogens is 272 g/mol. The van der Waals surface area contributed by atoms with Crippen molar-refractivity contribution in [3.05, 3.63) is 10.6 Å². The van der Waals surface area contributed by atoms with Crippen molar-refractivity contribution in [3.8, 4) is 0 Å². The number of fused-ring (bicyclic) bond motifs is 1. The van der Waals surface area contributed by atoms with Crippen LogP contribution in [0.3, 0.4) is 0 Å². The van der Waals surface area contributed by atoms with Crippen molar-refractivity contribution in [1.29, 1.82) is 0 Å². The first-order valence-corrected chi connectivity index (χ1v) is 8.43. The topological polar surface area (TPSA) is 53.4 Å². The minimum atomic E-state index is -0.724. The second-order valence-corrected chi connectivity index (χ2v) is 7.05. The Hall–Kier alpha value is -1.10. The molecule has 3 rings (SSSR count). The summed E-state index contributed by atoms with van der Waals surface area (Å²) in [5, 5.41) is 10.3. The Bertz CT molecular complexity index is 492. The molecule has 1 fully saturated rings. The molecule has 1 saturated carbocycles. The van der Waals surface area contributed by atoms with Gasteiger partial charge >= 0.3 is 5.97 Å². The summed E-state index contributed by atoms with van der Waals surface area (Å²) in [6, 6.07) is 0.576. The van der Waals surface area contributed by atoms with E-state index in [-0.39, 0.29) is 5.92 Å². The molecule has 0 spiro atoms. The molecule has 2 aliphatic rings. The highest BCUT2D eigenvalue weighted by atomic mass is 32.1. The maximum atomic E-state index is 11.2. The zero-order valence-corrected chi connectivity index (χ0v) is 12.8. The number of aryl methyl sites for hydroxylation is 1. The lowest BCUT2D eigenvalue weighted by molar-refractivity contribution is -0.138. The van der Waals surface area contributed by atoms with Gasteiger partial charge in [0.25, 0.3) is 0 Å². The molecule has 0 amide bonds. The third-order valence-electron chi connectivity index (χ3n) is 4.68. The van der Waals surface area contributed by atoms with Crippen LogP contribution in [0.5, 0.6) is 0 Å². The lowest BCUT2D eigenvalue weighted by Crippen LogP contribution is -2.31. The normalized spacial score (nSPS) is 23.4. The van der Waals surface area contributed by atoms with Gasteiger partial charge in [-0.2, -0.15) is 0 Å². The minimum Gasteiger partial charge on any atom is -0.481 e. The number of carbonyl (C=O) groups is 1. The SMILES string of the molecule is CN(c1nc2c(s1)CCC2C(=O)O)C1CCCCCC1. The van der Waals surface area contributed by atoms with E-state index in [0.717, 1.165) is 23.7 Å². The van der Waals surface area contributed by atoms with Gasteiger partial charge in [0.05, 0.1) is 5.69 Å². The fraction of sp³-hybridized carbons (Fsp3) is 0.733. The molecule has 2 aliphatic carbocycles. The number of thiazole rings is 1. The first-order chi connectivity index (χ1) is 9.66. The standard InChI is InChI=1S/C15H22N2O2S/c1-17(10-6-4-2-3-5-7-10)15-16-13-11(14(18)19)8-9-12(13)20-15/h10-11H,2-9H2,1H3,(H,18,19). The van der Waals surface area contributed by atoms with Gasteiger partial charge in [-0.05, 0) is 25.7 Å². The van der Waals surface area contributed by atoms with E-state index in [9.17, 15) is 9.90 Å². The quantitative estimate of drug-likeness (QED) is 0.868. The minimum absolute atomic E-state index is 0.377. The third-order valence-corrected chi connectivity index (χ3v) is 5.90. The first-order valence-electron chi connectivity index (χ1n) is 7.62. The Balaban J connectivity index is 1.77. The van der Waals surface area contributed by atoms with Gasteiger partial charge in [-0.3, -0.25) is 4.79 Å². The van der Waals surface area contributed by atoms with Gasteiger partial charge in [0, 0.05) is 18.0 Å². The molecule has 1 heterocycles. The maximum absolute atomic E-state index is 11.2. The van der Waals surface area contributed by atoms with E-state index in [2.05, 4.69) is 16.9 Å². The number of aromatic nitrogens is 1. The molecular formula is C15H22N2O2S. The summed E-state index contributed by atoms with van der Waals surface area (Å²) in [4.78, 5) is 19.4. The van der Waals surface area contributed by atoms with Crippen LogP contribution in [0.2, 0.25) is 0 Å². The van der Waals surface area contributed by atoms with E-state index >= 15 is 0 Å². The summed E-state index contributed by atoms with van der Waals surface area (Å²) in [5.41, 5.74) is 0.831. The second kappa shape index (κ2) is 5.72. The van der Waals surface area contributed by atoms with Crippen molar-refractivity contribution in [2.24, 2.45) is 0 Å². The monoisotopic (exact) mass is 294 g/mol. The van der Waals surface area contributed by atoms with Crippen molar-refractivity contribution >= 4 is 22.4 Å². The van der Waals surface area contributed by atoms with Gasteiger partial charge in [-0.25, -0.2) is 4.98 Å². The summed E-state index contributed by atoms with van der Waals surface area (Å²) < 4.78 is 0. The third kappa shape index (κ3) is 2.55. The summed E-state index contributed by atoms with van der Waals surface area (Å²) in [6.45, 7) is 0. The molecule has 0 aromatic carbocycles. The first kappa shape index (κ1) is 13.9. The zero-order chi connectivity index (χ0) is 14.1. The van der Waals surface area contributed by atoms with Gasteiger partial charge in [0.2, 0.25) is 0 Å². The maximum Gasteiger partial charge on any atom is 0.312 e. The highest BCUT2D eigenvalue weighted by molar-refractivity contribution is 7.15. The number of hydrogen-bond acceptors (Lipinski definition) is 4. The molecule has 1 N–H and O–H groups in total. The number of aliphatic carboxylic acids is 1. The molecule has 0 bridgehead atoms. The van der Waals surface area contributed by atoms with E-state index in [1.54, 1.807) is 11.3 Å². The van der Waals surface area contributed by atoms with Crippen LogP contribution in [0.15, 0.2) is 0 Å². The predicted molar refractivity (Wildman–Crippen MR) is 80.7 cm³/mol. The molecule has 1 aromatic heterocycles. The molecule has 5 heteroatoms. The average molecular weight is 294 g/mol. The second-order valence-electron chi connectivity index (χ2n) is 5.99. The summed E-state index contributed by atoms with van der Waals surface area (Å²) in [5.74, 6) is -1.10. The Morgan fingerprint density at radius 3 is 2.60 bits per heavy atom. The molecule has 20 heavy (non-hydrogen) atoms. The van der Waals surface area contributed by atoms with Crippen LogP contribution in [0.25, 0.3) is 0 Å². The van der Waals surface area contributed by atoms with Gasteiger partial charge in [0.15, 0.2) is 5.13 Å². The Morgan fingerprint density at radius 2 is 1.95 bits per heavy atom. The number of hydrogen-bond donors (Lipinski definition) is 1. The molecule has 1 aromatic rings. The van der Waals surface area contributed by atoms with E-state index in [1.807, 2.05) is 0 Å². The smallest absolute Gasteiger partial charge is 0.312 e. The number of anilines is 1. The lowest BCUT2D eigenvalue weighted by Gasteiger charge is -2.26. The van der Waals surface area contributed by atoms with Crippen molar-refractivity contribution in [3.63, 3.8) is 0 Å². The van der Waals surface area contributed by atoms with Crippen LogP contribution in [-0.2, 0) is 11.2 Å². The summed E-state index contributed by atoms with van der Waals surface area (Å²) in [7, 11) is 2.12. The summed E-state index contributed by atoms with van der Waals surface area (Å²) >= 11 is 1.70. The van der Waals surface area contributed by atoms with Crippen LogP contribution >= 0.6 is 11.3 Å². The molecule has 0 saturated heterocycles. The summed E-state index contributed by atoms with van der Waals surface area (Å²) in [6.07, 6.45) is 9.38. The lowest BCUT2D eigenvalue weighted by atomic mass is 10.1. The molecule has 1 atom stereocenters. The van der Waals surface area contributed by atoms with Crippen LogP contribution in [0.4, 0.5) is 5.13 Å². The van der Waals surface area contributed by atoms with Gasteiger partial charge in [-0.1, -0.05) is 25.7 Å². The van der Waals surface area contributed by atoms with E-state index in [1.165, 1.54) is 43.4 Å². The highest BCUT2D eigenvalue weighted by Gasteiger charge is 2.33. The number of carboxylic acid groups (broad SMARTS) is 1. The molecule has 4 nitrogen and oxygen atoms in total. The molecule has 1 unspecified atom stereocenters. The fourth-order valence-corrected chi connectivity index (χ4v) is 4.58. The van der Waals surface area contributed by atoms with Gasteiger partial charge in [0.1, 0.15) is 5.92 Å². The number of nitrogens with zero attached hydrogens (tertiary/aromatic N) is 2. The Kier molecular flexibility index (Phi) is 3.96. The molecule has 110 valence electrons. The van der Waals surface area contributed by atoms with Crippen LogP contribution in [-0.4, -0.2) is 29.1 Å². The van der Waals surface area contributed by atoms with Gasteiger partial charge < -0.3 is 10.0 Å². The Labute approximate surface area is 123 Å². The fourth-order valence-electron chi connectivity index (χ4n) is 3.41. The zero-order valence-electron chi connectivity index (χ0n) is 12.0. The van der Waals surface area contributed by atoms with Crippen LogP contribution < -0.4 is 4.90 Å². The average Bonchev–Trinajstić information content (AvgIpc) is 2.87. The van der Waals surface area contributed by atoms with Crippen molar-refractivity contribution in [1.82, 2.24) is 4.98 Å². The molecule has 0 radical (unpaired) electrons. The highest BCUT2D eigenvalue weighted by Crippen LogP contribution is 2.40. The van der Waals surface area contributed by atoms with E-state index in [4.69, 9.17) is 0 Å². The van der Waals surface area contributed by atoms with Crippen molar-refractivity contribution in [2.75, 3.05) is 11.9 Å². The largest absolute Gasteiger partial charge is 0.481 e. The van der Waals surface area contributed by atoms with Crippen molar-refractivity contribution < 1.29 is 9.90 Å². The van der Waals surface area contributed by atoms with Gasteiger partial charge in [-0.15, -0.1) is 11.3 Å². The number of carboxylic acids is 1. The van der Waals surface area contributed by atoms with E-state index in [0.29, 0.717) is 6.04 Å². The van der Waals surface area contributed by atoms with Crippen molar-refractivity contribution in [2.45, 2.75) is 63.3 Å². The Morgan fingerprint density at radius 1 is 1.25 bits per heavy atom. The number of rotatable bonds is 3. The predicted octanol–water partition coefficient (Wildman–Crippen LogP) is 3.42. The molecule has 0 aliphatic heterocycles.